The van der Waals surface area contributed by atoms with E-state index in [1.807, 2.05) is 6.92 Å². The van der Waals surface area contributed by atoms with Crippen LogP contribution in [0.1, 0.15) is 20.8 Å². The van der Waals surface area contributed by atoms with Gasteiger partial charge in [0.15, 0.2) is 0 Å². The molecule has 104 valence electrons. The lowest BCUT2D eigenvalue weighted by atomic mass is 10.1. The fourth-order valence-electron chi connectivity index (χ4n) is 1.30. The summed E-state index contributed by atoms with van der Waals surface area (Å²) in [5.41, 5.74) is 5.52. The number of nitrogens with zero attached hydrogens (tertiary/aromatic N) is 1. The summed E-state index contributed by atoms with van der Waals surface area (Å²) < 4.78 is 0. The molecule has 0 spiro atoms. The monoisotopic (exact) mass is 274 g/mol. The van der Waals surface area contributed by atoms with E-state index in [-0.39, 0.29) is 11.8 Å². The van der Waals surface area contributed by atoms with Crippen LogP contribution in [0.3, 0.4) is 0 Å². The van der Waals surface area contributed by atoms with Crippen molar-refractivity contribution in [3.8, 4) is 0 Å². The van der Waals surface area contributed by atoms with Crippen LogP contribution in [0.2, 0.25) is 0 Å². The van der Waals surface area contributed by atoms with Crippen molar-refractivity contribution in [1.82, 2.24) is 15.5 Å². The highest BCUT2D eigenvalue weighted by Gasteiger charge is 2.21. The number of hydrogen-bond acceptors (Lipinski definition) is 4. The van der Waals surface area contributed by atoms with Gasteiger partial charge >= 0.3 is 6.03 Å². The van der Waals surface area contributed by atoms with E-state index in [4.69, 9.17) is 18.0 Å². The fourth-order valence-corrected chi connectivity index (χ4v) is 1.38. The van der Waals surface area contributed by atoms with Crippen LogP contribution in [0.25, 0.3) is 0 Å². The summed E-state index contributed by atoms with van der Waals surface area (Å²) in [7, 11) is 1.79. The van der Waals surface area contributed by atoms with Gasteiger partial charge in [-0.05, 0) is 20.9 Å². The van der Waals surface area contributed by atoms with Crippen molar-refractivity contribution in [2.24, 2.45) is 11.7 Å². The molecule has 2 atom stereocenters. The van der Waals surface area contributed by atoms with Crippen LogP contribution < -0.4 is 16.4 Å². The smallest absolute Gasteiger partial charge is 0.321 e. The Hall–Kier alpha value is -1.21. The Labute approximate surface area is 113 Å². The van der Waals surface area contributed by atoms with Crippen LogP contribution in [-0.4, -0.2) is 48.0 Å². The van der Waals surface area contributed by atoms with E-state index in [0.29, 0.717) is 18.1 Å². The van der Waals surface area contributed by atoms with Crippen LogP contribution in [0, 0.1) is 5.92 Å². The third kappa shape index (κ3) is 5.92. The highest BCUT2D eigenvalue weighted by Crippen LogP contribution is 2.03. The number of urea groups is 1. The first kappa shape index (κ1) is 16.8. The van der Waals surface area contributed by atoms with E-state index in [1.165, 1.54) is 0 Å². The van der Waals surface area contributed by atoms with Crippen molar-refractivity contribution in [3.05, 3.63) is 0 Å². The van der Waals surface area contributed by atoms with Gasteiger partial charge in [-0.1, -0.05) is 19.1 Å². The normalized spacial score (nSPS) is 13.8. The lowest BCUT2D eigenvalue weighted by Gasteiger charge is -2.26. The molecule has 0 bridgehead atoms. The van der Waals surface area contributed by atoms with Crippen LogP contribution in [0.5, 0.6) is 0 Å². The van der Waals surface area contributed by atoms with Crippen molar-refractivity contribution in [2.75, 3.05) is 20.1 Å². The molecule has 0 aromatic heterocycles. The number of nitrogens with two attached hydrogens (primary N) is 1. The Bertz CT molecular complexity index is 322. The number of likely N-dealkylation sites (N-methyl/N-ethyl adjacent to an activating group) is 1. The molecule has 3 amide bonds. The molecule has 7 heteroatoms. The Balaban J connectivity index is 4.28. The van der Waals surface area contributed by atoms with Gasteiger partial charge in [-0.3, -0.25) is 15.0 Å². The molecular weight excluding hydrogens is 252 g/mol. The number of imide groups is 1. The van der Waals surface area contributed by atoms with Gasteiger partial charge in [-0.2, -0.15) is 0 Å². The minimum atomic E-state index is -0.481. The molecule has 18 heavy (non-hydrogen) atoms. The first-order chi connectivity index (χ1) is 8.29. The molecule has 0 saturated carbocycles. The van der Waals surface area contributed by atoms with Crippen LogP contribution in [-0.2, 0) is 4.79 Å². The number of thiocarbonyl (C=S) groups is 1. The van der Waals surface area contributed by atoms with E-state index >= 15 is 0 Å². The zero-order chi connectivity index (χ0) is 14.3. The van der Waals surface area contributed by atoms with Gasteiger partial charge < -0.3 is 11.1 Å². The number of hydrogen-bond donors (Lipinski definition) is 3. The number of rotatable bonds is 6. The number of nitrogens with one attached hydrogen (secondary N) is 2. The lowest BCUT2D eigenvalue weighted by Crippen LogP contribution is -2.49. The molecule has 4 N–H and O–H groups in total. The standard InChI is InChI=1S/C11H22N4O2S/c1-5-13-11(17)14-10(16)8(3)15(4)6-7(2)9(12)18/h7-8H,5-6H2,1-4H3,(H2,12,18)(H2,13,14,16,17). The van der Waals surface area contributed by atoms with Crippen LogP contribution in [0.4, 0.5) is 4.79 Å². The van der Waals surface area contributed by atoms with Gasteiger partial charge in [0.05, 0.1) is 11.0 Å². The van der Waals surface area contributed by atoms with Gasteiger partial charge in [0.2, 0.25) is 5.91 Å². The quantitative estimate of drug-likeness (QED) is 0.597. The second-order valence-electron chi connectivity index (χ2n) is 4.27. The van der Waals surface area contributed by atoms with E-state index in [2.05, 4.69) is 10.6 Å². The Morgan fingerprint density at radius 2 is 1.94 bits per heavy atom. The fraction of sp³-hybridized carbons (Fsp3) is 0.727. The van der Waals surface area contributed by atoms with Crippen molar-refractivity contribution < 1.29 is 9.59 Å². The van der Waals surface area contributed by atoms with Crippen LogP contribution in [0.15, 0.2) is 0 Å². The molecule has 0 saturated heterocycles. The molecule has 0 aliphatic carbocycles. The lowest BCUT2D eigenvalue weighted by molar-refractivity contribution is -0.124. The molecule has 0 fully saturated rings. The highest BCUT2D eigenvalue weighted by molar-refractivity contribution is 7.80. The van der Waals surface area contributed by atoms with Gasteiger partial charge in [-0.25, -0.2) is 4.79 Å². The number of amides is 3. The summed E-state index contributed by atoms with van der Waals surface area (Å²) in [5, 5.41) is 4.77. The van der Waals surface area contributed by atoms with Gasteiger partial charge in [-0.15, -0.1) is 0 Å². The second-order valence-corrected chi connectivity index (χ2v) is 4.74. The van der Waals surface area contributed by atoms with E-state index in [0.717, 1.165) is 0 Å². The molecular formula is C11H22N4O2S. The largest absolute Gasteiger partial charge is 0.393 e. The van der Waals surface area contributed by atoms with Crippen molar-refractivity contribution >= 4 is 29.1 Å². The molecule has 0 aromatic carbocycles. The molecule has 6 nitrogen and oxygen atoms in total. The Kier molecular flexibility index (Phi) is 7.45. The van der Waals surface area contributed by atoms with E-state index < -0.39 is 12.1 Å². The molecule has 0 aliphatic rings. The van der Waals surface area contributed by atoms with Crippen molar-refractivity contribution in [2.45, 2.75) is 26.8 Å². The Morgan fingerprint density at radius 1 is 1.39 bits per heavy atom. The molecule has 2 unspecified atom stereocenters. The number of carbonyl (C=O) groups is 2. The first-order valence-corrected chi connectivity index (χ1v) is 6.28. The SMILES string of the molecule is CCNC(=O)NC(=O)C(C)N(C)CC(C)C(N)=S. The summed E-state index contributed by atoms with van der Waals surface area (Å²) in [5.74, 6) is -0.330. The summed E-state index contributed by atoms with van der Waals surface area (Å²) in [6.07, 6.45) is 0. The van der Waals surface area contributed by atoms with Crippen molar-refractivity contribution in [3.63, 3.8) is 0 Å². The van der Waals surface area contributed by atoms with Gasteiger partial charge in [0.1, 0.15) is 0 Å². The average Bonchev–Trinajstić information content (AvgIpc) is 2.27. The zero-order valence-electron chi connectivity index (χ0n) is 11.3. The summed E-state index contributed by atoms with van der Waals surface area (Å²) in [6, 6.07) is -0.908. The zero-order valence-corrected chi connectivity index (χ0v) is 12.1. The summed E-state index contributed by atoms with van der Waals surface area (Å²) >= 11 is 4.88. The third-order valence-electron chi connectivity index (χ3n) is 2.66. The maximum Gasteiger partial charge on any atom is 0.321 e. The summed E-state index contributed by atoms with van der Waals surface area (Å²) in [4.78, 5) is 25.2. The average molecular weight is 274 g/mol. The molecule has 0 aromatic rings. The molecule has 0 rings (SSSR count). The maximum atomic E-state index is 11.7. The van der Waals surface area contributed by atoms with Gasteiger partial charge in [0, 0.05) is 19.0 Å². The first-order valence-electron chi connectivity index (χ1n) is 5.87. The summed E-state index contributed by atoms with van der Waals surface area (Å²) in [6.45, 7) is 6.44. The van der Waals surface area contributed by atoms with Crippen molar-refractivity contribution in [1.29, 1.82) is 0 Å². The maximum absolute atomic E-state index is 11.7. The minimum absolute atomic E-state index is 0.0183. The van der Waals surface area contributed by atoms with E-state index in [1.54, 1.807) is 25.8 Å². The predicted molar refractivity (Wildman–Crippen MR) is 75.3 cm³/mol. The highest BCUT2D eigenvalue weighted by atomic mass is 32.1. The topological polar surface area (TPSA) is 87.5 Å². The van der Waals surface area contributed by atoms with Gasteiger partial charge in [0.25, 0.3) is 0 Å². The second kappa shape index (κ2) is 7.99. The molecule has 0 aliphatic heterocycles. The molecule has 0 radical (unpaired) electrons. The van der Waals surface area contributed by atoms with E-state index in [9.17, 15) is 9.59 Å². The number of carbonyl (C=O) groups excluding carboxylic acids is 2. The Morgan fingerprint density at radius 3 is 2.39 bits per heavy atom. The predicted octanol–water partition coefficient (Wildman–Crippen LogP) is 0.0746. The minimum Gasteiger partial charge on any atom is -0.393 e. The van der Waals surface area contributed by atoms with Crippen LogP contribution >= 0.6 is 12.2 Å². The third-order valence-corrected chi connectivity index (χ3v) is 3.06. The molecule has 0 heterocycles.